The van der Waals surface area contributed by atoms with Crippen molar-refractivity contribution in [2.75, 3.05) is 14.1 Å². The monoisotopic (exact) mass is 482 g/mol. The Balaban J connectivity index is 1.75. The van der Waals surface area contributed by atoms with E-state index in [1.54, 1.807) is 0 Å². The minimum Gasteiger partial charge on any atom is -0.352 e. The van der Waals surface area contributed by atoms with Crippen LogP contribution in [0.25, 0.3) is 0 Å². The Morgan fingerprint density at radius 2 is 0.941 bits per heavy atom. The predicted octanol–water partition coefficient (Wildman–Crippen LogP) is 6.67. The SMILES string of the molecule is CN1C(=Nc2ccc(C(F)(F)F)cc2)C(=Nc2ccc(C(F)(F)F)cc2)N(C)[C@H]2CCCC[C@@H]21. The molecule has 0 amide bonds. The number of piperazine rings is 1. The molecule has 1 saturated carbocycles. The van der Waals surface area contributed by atoms with Gasteiger partial charge in [-0.1, -0.05) is 12.8 Å². The number of hydrogen-bond acceptors (Lipinski definition) is 2. The van der Waals surface area contributed by atoms with E-state index >= 15 is 0 Å². The summed E-state index contributed by atoms with van der Waals surface area (Å²) in [4.78, 5) is 13.2. The van der Waals surface area contributed by atoms with Gasteiger partial charge in [0.15, 0.2) is 11.7 Å². The van der Waals surface area contributed by atoms with Crippen LogP contribution < -0.4 is 0 Å². The van der Waals surface area contributed by atoms with E-state index in [4.69, 9.17) is 0 Å². The number of likely N-dealkylation sites (N-methyl/N-ethyl adjacent to an activating group) is 2. The fourth-order valence-corrected chi connectivity index (χ4v) is 4.58. The first-order valence-corrected chi connectivity index (χ1v) is 10.9. The summed E-state index contributed by atoms with van der Waals surface area (Å²) >= 11 is 0. The number of aliphatic imine (C=N–C) groups is 2. The lowest BCUT2D eigenvalue weighted by Gasteiger charge is -2.49. The van der Waals surface area contributed by atoms with Gasteiger partial charge < -0.3 is 9.80 Å². The second-order valence-electron chi connectivity index (χ2n) is 8.60. The Hall–Kier alpha value is -3.04. The molecular formula is C24H24F6N4. The Morgan fingerprint density at radius 1 is 0.618 bits per heavy atom. The maximum Gasteiger partial charge on any atom is 0.416 e. The quantitative estimate of drug-likeness (QED) is 0.448. The van der Waals surface area contributed by atoms with Crippen LogP contribution in [0.2, 0.25) is 0 Å². The number of hydrogen-bond donors (Lipinski definition) is 0. The average molecular weight is 482 g/mol. The number of alkyl halides is 6. The minimum atomic E-state index is -4.45. The number of benzene rings is 2. The highest BCUT2D eigenvalue weighted by molar-refractivity contribution is 6.41. The van der Waals surface area contributed by atoms with Crippen LogP contribution in [0.3, 0.4) is 0 Å². The topological polar surface area (TPSA) is 31.2 Å². The van der Waals surface area contributed by atoms with Crippen LogP contribution in [-0.2, 0) is 12.4 Å². The first kappa shape index (κ1) is 24.1. The molecule has 1 aliphatic carbocycles. The summed E-state index contributed by atoms with van der Waals surface area (Å²) in [7, 11) is 3.75. The molecule has 0 N–H and O–H groups in total. The summed E-state index contributed by atoms with van der Waals surface area (Å²) < 4.78 is 77.7. The normalized spacial score (nSPS) is 24.0. The van der Waals surface area contributed by atoms with Gasteiger partial charge in [-0.2, -0.15) is 26.3 Å². The van der Waals surface area contributed by atoms with Gasteiger partial charge in [-0.05, 0) is 61.4 Å². The molecule has 1 saturated heterocycles. The standard InChI is InChI=1S/C24H24F6N4/c1-33-19-5-3-4-6-20(19)34(2)22(32-18-13-9-16(10-14-18)24(28,29)30)21(33)31-17-11-7-15(8-12-17)23(25,26)27/h7-14,19-20H,3-6H2,1-2H3/t19-,20-/m0/s1. The van der Waals surface area contributed by atoms with Crippen LogP contribution >= 0.6 is 0 Å². The number of nitrogens with zero attached hydrogens (tertiary/aromatic N) is 4. The molecule has 182 valence electrons. The third-order valence-corrected chi connectivity index (χ3v) is 6.42. The van der Waals surface area contributed by atoms with Crippen molar-refractivity contribution in [2.24, 2.45) is 9.98 Å². The molecule has 34 heavy (non-hydrogen) atoms. The van der Waals surface area contributed by atoms with E-state index in [1.165, 1.54) is 24.3 Å². The van der Waals surface area contributed by atoms with E-state index < -0.39 is 23.5 Å². The van der Waals surface area contributed by atoms with Crippen molar-refractivity contribution in [2.45, 2.75) is 50.1 Å². The third kappa shape index (κ3) is 4.90. The summed E-state index contributed by atoms with van der Waals surface area (Å²) in [6.07, 6.45) is -4.91. The second kappa shape index (κ2) is 8.96. The highest BCUT2D eigenvalue weighted by atomic mass is 19.4. The lowest BCUT2D eigenvalue weighted by atomic mass is 9.86. The van der Waals surface area contributed by atoms with Crippen LogP contribution in [0, 0.1) is 0 Å². The summed E-state index contributed by atoms with van der Waals surface area (Å²) in [6, 6.07) is 9.39. The molecule has 0 unspecified atom stereocenters. The van der Waals surface area contributed by atoms with Gasteiger partial charge in [-0.3, -0.25) is 0 Å². The molecule has 4 rings (SSSR count). The van der Waals surface area contributed by atoms with Gasteiger partial charge in [0.05, 0.1) is 34.6 Å². The average Bonchev–Trinajstić information content (AvgIpc) is 2.79. The second-order valence-corrected chi connectivity index (χ2v) is 8.60. The van der Waals surface area contributed by atoms with Crippen LogP contribution in [0.15, 0.2) is 58.5 Å². The molecule has 1 heterocycles. The van der Waals surface area contributed by atoms with Gasteiger partial charge >= 0.3 is 12.4 Å². The van der Waals surface area contributed by atoms with E-state index in [2.05, 4.69) is 9.98 Å². The Kier molecular flexibility index (Phi) is 6.35. The van der Waals surface area contributed by atoms with Crippen LogP contribution in [-0.4, -0.2) is 47.7 Å². The fraction of sp³-hybridized carbons (Fsp3) is 0.417. The van der Waals surface area contributed by atoms with Gasteiger partial charge in [0.2, 0.25) is 0 Å². The van der Waals surface area contributed by atoms with Gasteiger partial charge in [0.1, 0.15) is 0 Å². The largest absolute Gasteiger partial charge is 0.416 e. The zero-order chi connectivity index (χ0) is 24.7. The van der Waals surface area contributed by atoms with Crippen molar-refractivity contribution in [1.29, 1.82) is 0 Å². The van der Waals surface area contributed by atoms with Crippen molar-refractivity contribution in [3.05, 3.63) is 59.7 Å². The van der Waals surface area contributed by atoms with Gasteiger partial charge in [0, 0.05) is 14.1 Å². The van der Waals surface area contributed by atoms with Crippen LogP contribution in [0.4, 0.5) is 37.7 Å². The first-order valence-electron chi connectivity index (χ1n) is 10.9. The molecule has 0 radical (unpaired) electrons. The Bertz CT molecular complexity index is 983. The van der Waals surface area contributed by atoms with Crippen molar-refractivity contribution < 1.29 is 26.3 Å². The maximum atomic E-state index is 12.9. The number of rotatable bonds is 2. The highest BCUT2D eigenvalue weighted by Crippen LogP contribution is 2.34. The van der Waals surface area contributed by atoms with E-state index in [-0.39, 0.29) is 12.1 Å². The number of halogens is 6. The number of fused-ring (bicyclic) bond motifs is 1. The lowest BCUT2D eigenvalue weighted by molar-refractivity contribution is -0.138. The zero-order valence-electron chi connectivity index (χ0n) is 18.7. The van der Waals surface area contributed by atoms with E-state index in [9.17, 15) is 26.3 Å². The fourth-order valence-electron chi connectivity index (χ4n) is 4.58. The minimum absolute atomic E-state index is 0.151. The van der Waals surface area contributed by atoms with Gasteiger partial charge in [-0.15, -0.1) is 0 Å². The van der Waals surface area contributed by atoms with Crippen molar-refractivity contribution in [3.63, 3.8) is 0 Å². The molecule has 10 heteroatoms. The molecule has 2 aromatic rings. The molecular weight excluding hydrogens is 458 g/mol. The summed E-state index contributed by atoms with van der Waals surface area (Å²) in [5, 5.41) is 0. The summed E-state index contributed by atoms with van der Waals surface area (Å²) in [5.74, 6) is 0.926. The summed E-state index contributed by atoms with van der Waals surface area (Å²) in [5.41, 5.74) is -0.872. The van der Waals surface area contributed by atoms with E-state index in [0.29, 0.717) is 23.0 Å². The third-order valence-electron chi connectivity index (χ3n) is 6.42. The van der Waals surface area contributed by atoms with Crippen molar-refractivity contribution in [1.82, 2.24) is 9.80 Å². The molecule has 0 spiro atoms. The lowest BCUT2D eigenvalue weighted by Crippen LogP contribution is -2.63. The first-order chi connectivity index (χ1) is 15.9. The number of amidine groups is 2. The Morgan fingerprint density at radius 3 is 1.24 bits per heavy atom. The molecule has 2 aromatic carbocycles. The highest BCUT2D eigenvalue weighted by Gasteiger charge is 2.41. The zero-order valence-corrected chi connectivity index (χ0v) is 18.7. The molecule has 4 nitrogen and oxygen atoms in total. The smallest absolute Gasteiger partial charge is 0.352 e. The molecule has 1 aliphatic heterocycles. The van der Waals surface area contributed by atoms with Crippen molar-refractivity contribution >= 4 is 23.0 Å². The molecule has 0 aromatic heterocycles. The molecule has 2 fully saturated rings. The van der Waals surface area contributed by atoms with E-state index in [0.717, 1.165) is 49.9 Å². The molecule has 2 atom stereocenters. The van der Waals surface area contributed by atoms with Crippen molar-refractivity contribution in [3.8, 4) is 0 Å². The van der Waals surface area contributed by atoms with E-state index in [1.807, 2.05) is 23.9 Å². The Labute approximate surface area is 193 Å². The predicted molar refractivity (Wildman–Crippen MR) is 119 cm³/mol. The van der Waals surface area contributed by atoms with Gasteiger partial charge in [-0.25, -0.2) is 9.98 Å². The van der Waals surface area contributed by atoms with Gasteiger partial charge in [0.25, 0.3) is 0 Å². The van der Waals surface area contributed by atoms with Crippen LogP contribution in [0.5, 0.6) is 0 Å². The summed E-state index contributed by atoms with van der Waals surface area (Å²) in [6.45, 7) is 0. The maximum absolute atomic E-state index is 12.9. The molecule has 0 bridgehead atoms. The van der Waals surface area contributed by atoms with Crippen LogP contribution in [0.1, 0.15) is 36.8 Å². The molecule has 2 aliphatic rings.